The van der Waals surface area contributed by atoms with Crippen LogP contribution in [0.25, 0.3) is 5.65 Å². The normalized spacial score (nSPS) is 32.6. The maximum absolute atomic E-state index is 5.90. The molecule has 5 heteroatoms. The third-order valence-electron chi connectivity index (χ3n) is 3.54. The summed E-state index contributed by atoms with van der Waals surface area (Å²) in [6.07, 6.45) is 4.74. The van der Waals surface area contributed by atoms with Crippen molar-refractivity contribution in [1.29, 1.82) is 0 Å². The van der Waals surface area contributed by atoms with E-state index in [0.29, 0.717) is 6.04 Å². The van der Waals surface area contributed by atoms with E-state index in [0.717, 1.165) is 30.9 Å². The Morgan fingerprint density at radius 3 is 3.25 bits per heavy atom. The van der Waals surface area contributed by atoms with Crippen LogP contribution in [0.1, 0.15) is 12.1 Å². The molecule has 16 heavy (non-hydrogen) atoms. The van der Waals surface area contributed by atoms with E-state index in [9.17, 15) is 0 Å². The van der Waals surface area contributed by atoms with E-state index >= 15 is 0 Å². The van der Waals surface area contributed by atoms with Crippen molar-refractivity contribution in [3.63, 3.8) is 0 Å². The van der Waals surface area contributed by atoms with Crippen LogP contribution in [0, 0.1) is 0 Å². The van der Waals surface area contributed by atoms with Crippen LogP contribution in [0.15, 0.2) is 24.5 Å². The molecule has 2 aliphatic heterocycles. The molecule has 2 saturated heterocycles. The maximum atomic E-state index is 5.90. The molecule has 2 aliphatic rings. The number of hydrogen-bond donors (Lipinski definition) is 1. The van der Waals surface area contributed by atoms with Crippen molar-refractivity contribution in [2.45, 2.75) is 18.1 Å². The zero-order chi connectivity index (χ0) is 10.6. The van der Waals surface area contributed by atoms with Gasteiger partial charge in [0.1, 0.15) is 5.60 Å². The molecule has 0 radical (unpaired) electrons. The highest BCUT2D eigenvalue weighted by Gasteiger charge is 2.48. The molecule has 0 aromatic carbocycles. The van der Waals surface area contributed by atoms with Gasteiger partial charge in [0.2, 0.25) is 0 Å². The molecule has 2 bridgehead atoms. The first-order valence-corrected chi connectivity index (χ1v) is 5.54. The first kappa shape index (κ1) is 8.66. The third kappa shape index (κ3) is 1.02. The average Bonchev–Trinajstić information content (AvgIpc) is 3.04. The maximum Gasteiger partial charge on any atom is 0.155 e. The number of rotatable bonds is 1. The number of aromatic nitrogens is 3. The highest BCUT2D eigenvalue weighted by molar-refractivity contribution is 5.38. The van der Waals surface area contributed by atoms with Crippen LogP contribution in [0.5, 0.6) is 0 Å². The topological polar surface area (TPSA) is 51.5 Å². The van der Waals surface area contributed by atoms with Gasteiger partial charge in [-0.3, -0.25) is 0 Å². The molecule has 2 fully saturated rings. The van der Waals surface area contributed by atoms with Gasteiger partial charge >= 0.3 is 0 Å². The Labute approximate surface area is 92.4 Å². The summed E-state index contributed by atoms with van der Waals surface area (Å²) in [5.41, 5.74) is 1.70. The summed E-state index contributed by atoms with van der Waals surface area (Å²) < 4.78 is 7.67. The molecule has 2 unspecified atom stereocenters. The van der Waals surface area contributed by atoms with Crippen LogP contribution in [0.3, 0.4) is 0 Å². The number of nitrogens with zero attached hydrogens (tertiary/aromatic N) is 3. The Kier molecular flexibility index (Phi) is 1.52. The molecule has 0 amide bonds. The molecular weight excluding hydrogens is 204 g/mol. The Hall–Kier alpha value is -1.46. The van der Waals surface area contributed by atoms with E-state index in [1.54, 1.807) is 10.7 Å². The first-order chi connectivity index (χ1) is 7.86. The molecule has 4 rings (SSSR count). The molecule has 2 aromatic rings. The lowest BCUT2D eigenvalue weighted by atomic mass is 9.98. The number of hydrogen-bond acceptors (Lipinski definition) is 4. The van der Waals surface area contributed by atoms with E-state index in [2.05, 4.69) is 15.4 Å². The molecule has 0 spiro atoms. The fraction of sp³-hybridized carbons (Fsp3) is 0.455. The summed E-state index contributed by atoms with van der Waals surface area (Å²) in [6, 6.07) is 4.42. The van der Waals surface area contributed by atoms with Gasteiger partial charge in [0, 0.05) is 31.3 Å². The van der Waals surface area contributed by atoms with Gasteiger partial charge < -0.3 is 10.1 Å². The average molecular weight is 216 g/mol. The van der Waals surface area contributed by atoms with Crippen molar-refractivity contribution in [2.24, 2.45) is 0 Å². The van der Waals surface area contributed by atoms with Crippen molar-refractivity contribution < 1.29 is 4.74 Å². The van der Waals surface area contributed by atoms with E-state index in [1.165, 1.54) is 0 Å². The Balaban J connectivity index is 1.86. The van der Waals surface area contributed by atoms with Gasteiger partial charge in [-0.25, -0.2) is 9.50 Å². The summed E-state index contributed by atoms with van der Waals surface area (Å²) in [4.78, 5) is 4.62. The lowest BCUT2D eigenvalue weighted by Gasteiger charge is -2.25. The van der Waals surface area contributed by atoms with Gasteiger partial charge in [0.15, 0.2) is 5.65 Å². The van der Waals surface area contributed by atoms with Gasteiger partial charge in [-0.1, -0.05) is 0 Å². The van der Waals surface area contributed by atoms with E-state index < -0.39 is 0 Å². The summed E-state index contributed by atoms with van der Waals surface area (Å²) >= 11 is 0. The zero-order valence-corrected chi connectivity index (χ0v) is 8.76. The van der Waals surface area contributed by atoms with Crippen LogP contribution >= 0.6 is 0 Å². The Bertz CT molecular complexity index is 542. The fourth-order valence-electron chi connectivity index (χ4n) is 2.67. The number of morpholine rings is 1. The van der Waals surface area contributed by atoms with Crippen molar-refractivity contribution >= 4 is 5.65 Å². The minimum Gasteiger partial charge on any atom is -0.366 e. The van der Waals surface area contributed by atoms with Gasteiger partial charge in [-0.05, 0) is 6.07 Å². The summed E-state index contributed by atoms with van der Waals surface area (Å²) in [5.74, 6) is 0. The van der Waals surface area contributed by atoms with E-state index in [4.69, 9.17) is 4.74 Å². The standard InChI is InChI=1S/C11H12N4O/c1-3-13-15-4-2-9(14-10(1)15)11-5-8(6-16-11)12-7-11/h1-4,8,12H,5-7H2. The van der Waals surface area contributed by atoms with Gasteiger partial charge in [0.25, 0.3) is 0 Å². The lowest BCUT2D eigenvalue weighted by molar-refractivity contribution is -0.0127. The van der Waals surface area contributed by atoms with E-state index in [1.807, 2.05) is 18.3 Å². The van der Waals surface area contributed by atoms with Crippen molar-refractivity contribution in [1.82, 2.24) is 19.9 Å². The monoisotopic (exact) mass is 216 g/mol. The third-order valence-corrected chi connectivity index (χ3v) is 3.54. The molecule has 82 valence electrons. The summed E-state index contributed by atoms with van der Waals surface area (Å²) in [5, 5.41) is 7.59. The fourth-order valence-corrected chi connectivity index (χ4v) is 2.67. The smallest absolute Gasteiger partial charge is 0.155 e. The number of nitrogens with one attached hydrogen (secondary N) is 1. The molecule has 2 aromatic heterocycles. The second kappa shape index (κ2) is 2.81. The van der Waals surface area contributed by atoms with Crippen molar-refractivity contribution in [3.8, 4) is 0 Å². The van der Waals surface area contributed by atoms with Gasteiger partial charge in [0.05, 0.1) is 18.5 Å². The number of fused-ring (bicyclic) bond motifs is 3. The lowest BCUT2D eigenvalue weighted by Crippen LogP contribution is -2.37. The minimum atomic E-state index is -0.198. The predicted octanol–water partition coefficient (Wildman–Crippen LogP) is 0.317. The minimum absolute atomic E-state index is 0.198. The summed E-state index contributed by atoms with van der Waals surface area (Å²) in [6.45, 7) is 1.67. The molecule has 1 N–H and O–H groups in total. The Morgan fingerprint density at radius 2 is 2.50 bits per heavy atom. The quantitative estimate of drug-likeness (QED) is 0.745. The predicted molar refractivity (Wildman–Crippen MR) is 57.0 cm³/mol. The van der Waals surface area contributed by atoms with Crippen LogP contribution < -0.4 is 5.32 Å². The molecule has 0 saturated carbocycles. The molecule has 4 heterocycles. The molecule has 2 atom stereocenters. The molecular formula is C11H12N4O. The zero-order valence-electron chi connectivity index (χ0n) is 8.76. The largest absolute Gasteiger partial charge is 0.366 e. The highest BCUT2D eigenvalue weighted by atomic mass is 16.5. The highest BCUT2D eigenvalue weighted by Crippen LogP contribution is 2.39. The van der Waals surface area contributed by atoms with Gasteiger partial charge in [-0.2, -0.15) is 5.10 Å². The van der Waals surface area contributed by atoms with Crippen LogP contribution in [-0.2, 0) is 10.3 Å². The first-order valence-electron chi connectivity index (χ1n) is 5.54. The molecule has 5 nitrogen and oxygen atoms in total. The second-order valence-electron chi connectivity index (χ2n) is 4.53. The summed E-state index contributed by atoms with van der Waals surface area (Å²) in [7, 11) is 0. The van der Waals surface area contributed by atoms with Crippen molar-refractivity contribution in [2.75, 3.05) is 13.2 Å². The van der Waals surface area contributed by atoms with Crippen molar-refractivity contribution in [3.05, 3.63) is 30.2 Å². The van der Waals surface area contributed by atoms with Gasteiger partial charge in [-0.15, -0.1) is 0 Å². The SMILES string of the molecule is c1cc2nc(C34CNC(CO3)C4)ccn2n1. The molecule has 0 aliphatic carbocycles. The Morgan fingerprint density at radius 1 is 1.50 bits per heavy atom. The van der Waals surface area contributed by atoms with Crippen LogP contribution in [0.2, 0.25) is 0 Å². The second-order valence-corrected chi connectivity index (χ2v) is 4.53. The number of ether oxygens (including phenoxy) is 1. The van der Waals surface area contributed by atoms with Crippen LogP contribution in [0.4, 0.5) is 0 Å². The van der Waals surface area contributed by atoms with Crippen LogP contribution in [-0.4, -0.2) is 33.8 Å². The van der Waals surface area contributed by atoms with E-state index in [-0.39, 0.29) is 5.60 Å².